The minimum Gasteiger partial charge on any atom is -0.544 e. The number of carbonyl (C=O) groups excluding carboxylic acids is 1. The van der Waals surface area contributed by atoms with Crippen LogP contribution in [0.4, 0.5) is 0 Å². The molecule has 4 N–H and O–H groups in total. The van der Waals surface area contributed by atoms with Crippen molar-refractivity contribution in [1.29, 1.82) is 0 Å². The number of likely N-dealkylation sites (N-methyl/N-ethyl adjacent to an activating group) is 1. The van der Waals surface area contributed by atoms with Crippen LogP contribution in [0, 0.1) is 0 Å². The molecule has 0 aliphatic heterocycles. The second-order valence-corrected chi connectivity index (χ2v) is 4.06. The number of carbonyl (C=O) groups is 1. The molecule has 0 rings (SSSR count). The summed E-state index contributed by atoms with van der Waals surface area (Å²) in [7, 11) is 5.40. The first kappa shape index (κ1) is 20.3. The maximum atomic E-state index is 9.89. The number of quaternary nitrogens is 1. The highest BCUT2D eigenvalue weighted by Gasteiger charge is 2.04. The Labute approximate surface area is 98.6 Å². The van der Waals surface area contributed by atoms with Crippen LogP contribution in [-0.4, -0.2) is 51.2 Å². The van der Waals surface area contributed by atoms with Gasteiger partial charge in [-0.2, -0.15) is 0 Å². The van der Waals surface area contributed by atoms with Crippen LogP contribution in [0.3, 0.4) is 0 Å². The molecule has 0 aliphatic carbocycles. The molecule has 5 nitrogen and oxygen atoms in total. The summed E-state index contributed by atoms with van der Waals surface area (Å²) in [5.41, 5.74) is 0. The molecule has 0 heterocycles. The minimum absolute atomic E-state index is 0. The van der Waals surface area contributed by atoms with Gasteiger partial charge in [-0.1, -0.05) is 12.2 Å². The summed E-state index contributed by atoms with van der Waals surface area (Å²) < 4.78 is 0.419. The van der Waals surface area contributed by atoms with E-state index in [0.717, 1.165) is 13.1 Å². The fourth-order valence-electron chi connectivity index (χ4n) is 0.675. The molecule has 0 atom stereocenters. The minimum atomic E-state index is -1.00. The highest BCUT2D eigenvalue weighted by Crippen LogP contribution is 1.84. The van der Waals surface area contributed by atoms with Gasteiger partial charge in [0.25, 0.3) is 0 Å². The van der Waals surface area contributed by atoms with Gasteiger partial charge in [-0.25, -0.2) is 0 Å². The summed E-state index contributed by atoms with van der Waals surface area (Å²) in [6.45, 7) is 8.88. The molecule has 0 aliphatic rings. The van der Waals surface area contributed by atoms with Crippen molar-refractivity contribution in [2.45, 2.75) is 0 Å². The Morgan fingerprint density at radius 3 is 1.75 bits per heavy atom. The highest BCUT2D eigenvalue weighted by molar-refractivity contribution is 5.65. The molecule has 16 heavy (non-hydrogen) atoms. The van der Waals surface area contributed by atoms with Gasteiger partial charge in [-0.3, -0.25) is 0 Å². The van der Waals surface area contributed by atoms with Gasteiger partial charge in [-0.05, 0) is 0 Å². The van der Waals surface area contributed by atoms with E-state index < -0.39 is 5.97 Å². The van der Waals surface area contributed by atoms with E-state index in [1.807, 2.05) is 12.2 Å². The maximum absolute atomic E-state index is 9.89. The molecular formula is C11H25N3O2. The Kier molecular flexibility index (Phi) is 15.1. The van der Waals surface area contributed by atoms with Gasteiger partial charge in [0, 0.05) is 13.1 Å². The van der Waals surface area contributed by atoms with Gasteiger partial charge >= 0.3 is 0 Å². The Balaban J connectivity index is -0.000000200. The zero-order valence-electron chi connectivity index (χ0n) is 10.7. The zero-order valence-corrected chi connectivity index (χ0v) is 10.7. The molecule has 96 valence electrons. The SMILES string of the molecule is C=CCNCC=C.C[N+](C)(C)CC(=O)[O-].N. The molecule has 0 unspecified atom stereocenters. The fraction of sp³-hybridized carbons (Fsp3) is 0.545. The standard InChI is InChI=1S/C6H11N.C5H11NO2.H3N/c1-3-5-7-6-4-2;1-6(2,3)4-5(7)8;/h3-4,7H,1-2,5-6H2;4H2,1-3H3;1H3. The number of hydrogen-bond acceptors (Lipinski definition) is 4. The van der Waals surface area contributed by atoms with Crippen LogP contribution in [0.15, 0.2) is 25.3 Å². The first-order valence-corrected chi connectivity index (χ1v) is 4.76. The van der Waals surface area contributed by atoms with Gasteiger partial charge in [0.1, 0.15) is 6.54 Å². The van der Waals surface area contributed by atoms with Crippen molar-refractivity contribution in [3.63, 3.8) is 0 Å². The third-order valence-corrected chi connectivity index (χ3v) is 1.18. The Bertz CT molecular complexity index is 190. The average Bonchev–Trinajstić information content (AvgIpc) is 2.01. The van der Waals surface area contributed by atoms with E-state index in [-0.39, 0.29) is 12.7 Å². The van der Waals surface area contributed by atoms with Crippen molar-refractivity contribution in [2.75, 3.05) is 40.8 Å². The van der Waals surface area contributed by atoms with Crippen LogP contribution in [-0.2, 0) is 4.79 Å². The van der Waals surface area contributed by atoms with Crippen molar-refractivity contribution in [2.24, 2.45) is 0 Å². The molecule has 0 saturated heterocycles. The highest BCUT2D eigenvalue weighted by atomic mass is 16.4. The predicted octanol–water partition coefficient (Wildman–Crippen LogP) is -0.447. The van der Waals surface area contributed by atoms with E-state index in [1.165, 1.54) is 0 Å². The fourth-order valence-corrected chi connectivity index (χ4v) is 0.675. The molecule has 0 aromatic heterocycles. The van der Waals surface area contributed by atoms with Crippen LogP contribution in [0.2, 0.25) is 0 Å². The second kappa shape index (κ2) is 11.9. The van der Waals surface area contributed by atoms with Gasteiger partial charge in [0.2, 0.25) is 0 Å². The van der Waals surface area contributed by atoms with Gasteiger partial charge < -0.3 is 25.9 Å². The van der Waals surface area contributed by atoms with Crippen molar-refractivity contribution >= 4 is 5.97 Å². The van der Waals surface area contributed by atoms with Crippen LogP contribution >= 0.6 is 0 Å². The lowest BCUT2D eigenvalue weighted by molar-refractivity contribution is -0.864. The van der Waals surface area contributed by atoms with Crippen molar-refractivity contribution in [1.82, 2.24) is 11.5 Å². The molecule has 0 fully saturated rings. The topological polar surface area (TPSA) is 87.2 Å². The second-order valence-electron chi connectivity index (χ2n) is 4.06. The number of rotatable bonds is 6. The normalized spacial score (nSPS) is 9.19. The Morgan fingerprint density at radius 1 is 1.25 bits per heavy atom. The maximum Gasteiger partial charge on any atom is 0.118 e. The monoisotopic (exact) mass is 231 g/mol. The summed E-state index contributed by atoms with van der Waals surface area (Å²) >= 11 is 0. The van der Waals surface area contributed by atoms with E-state index in [4.69, 9.17) is 0 Å². The van der Waals surface area contributed by atoms with Crippen molar-refractivity contribution in [3.05, 3.63) is 25.3 Å². The van der Waals surface area contributed by atoms with Gasteiger partial charge in [0.05, 0.1) is 27.1 Å². The number of hydrogen-bond donors (Lipinski definition) is 2. The summed E-state index contributed by atoms with van der Waals surface area (Å²) in [5, 5.41) is 12.9. The molecule has 5 heteroatoms. The van der Waals surface area contributed by atoms with E-state index in [9.17, 15) is 9.90 Å². The molecule has 0 saturated carbocycles. The first-order valence-electron chi connectivity index (χ1n) is 4.76. The largest absolute Gasteiger partial charge is 0.544 e. The van der Waals surface area contributed by atoms with Crippen LogP contribution in [0.1, 0.15) is 0 Å². The number of carboxylic acid groups (broad SMARTS) is 1. The quantitative estimate of drug-likeness (QED) is 0.368. The Hall–Kier alpha value is -1.17. The third-order valence-electron chi connectivity index (χ3n) is 1.18. The lowest BCUT2D eigenvalue weighted by Gasteiger charge is -2.23. The summed E-state index contributed by atoms with van der Waals surface area (Å²) in [6, 6.07) is 0. The average molecular weight is 231 g/mol. The smallest absolute Gasteiger partial charge is 0.118 e. The molecule has 0 aromatic carbocycles. The van der Waals surface area contributed by atoms with E-state index in [1.54, 1.807) is 21.1 Å². The molecule has 0 aromatic rings. The van der Waals surface area contributed by atoms with E-state index in [0.29, 0.717) is 4.48 Å². The van der Waals surface area contributed by atoms with Crippen LogP contribution < -0.4 is 16.6 Å². The van der Waals surface area contributed by atoms with E-state index >= 15 is 0 Å². The zero-order chi connectivity index (χ0) is 12.3. The number of aliphatic carboxylic acids is 1. The van der Waals surface area contributed by atoms with Crippen LogP contribution in [0.5, 0.6) is 0 Å². The van der Waals surface area contributed by atoms with E-state index in [2.05, 4.69) is 18.5 Å². The Morgan fingerprint density at radius 2 is 1.62 bits per heavy atom. The van der Waals surface area contributed by atoms with Gasteiger partial charge in [-0.15, -0.1) is 13.2 Å². The number of nitrogens with one attached hydrogen (secondary N) is 1. The first-order chi connectivity index (χ1) is 6.83. The lowest BCUT2D eigenvalue weighted by Crippen LogP contribution is -2.45. The van der Waals surface area contributed by atoms with Crippen molar-refractivity contribution in [3.8, 4) is 0 Å². The number of carboxylic acids is 1. The molecule has 0 spiro atoms. The summed E-state index contributed by atoms with van der Waals surface area (Å²) in [6.07, 6.45) is 3.65. The molecular weight excluding hydrogens is 206 g/mol. The molecule has 0 amide bonds. The molecule has 0 radical (unpaired) electrons. The summed E-state index contributed by atoms with van der Waals surface area (Å²) in [4.78, 5) is 9.89. The number of nitrogens with zero attached hydrogens (tertiary/aromatic N) is 1. The lowest BCUT2D eigenvalue weighted by atomic mass is 10.5. The van der Waals surface area contributed by atoms with Crippen molar-refractivity contribution < 1.29 is 14.4 Å². The van der Waals surface area contributed by atoms with Gasteiger partial charge in [0.15, 0.2) is 0 Å². The molecule has 0 bridgehead atoms. The third kappa shape index (κ3) is 29.3. The summed E-state index contributed by atoms with van der Waals surface area (Å²) in [5.74, 6) is -1.00. The predicted molar refractivity (Wildman–Crippen MR) is 66.2 cm³/mol. The van der Waals surface area contributed by atoms with Crippen LogP contribution in [0.25, 0.3) is 0 Å².